The summed E-state index contributed by atoms with van der Waals surface area (Å²) in [5.74, 6) is -0.0162. The highest BCUT2D eigenvalue weighted by Gasteiger charge is 2.08. The first kappa shape index (κ1) is 13.5. The van der Waals surface area contributed by atoms with Gasteiger partial charge >= 0.3 is 0 Å². The van der Waals surface area contributed by atoms with Gasteiger partial charge in [-0.3, -0.25) is 9.59 Å². The third-order valence-electron chi connectivity index (χ3n) is 2.47. The second-order valence-corrected chi connectivity index (χ2v) is 4.08. The van der Waals surface area contributed by atoms with Crippen molar-refractivity contribution >= 4 is 29.5 Å². The lowest BCUT2D eigenvalue weighted by atomic mass is 10.2. The summed E-state index contributed by atoms with van der Waals surface area (Å²) in [5.41, 5.74) is 1.35. The number of carbonyl (C=O) groups excluding carboxylic acids is 2. The van der Waals surface area contributed by atoms with Gasteiger partial charge in [-0.25, -0.2) is 0 Å². The lowest BCUT2D eigenvalue weighted by Gasteiger charge is -2.20. The number of anilines is 1. The predicted octanol–water partition coefficient (Wildman–Crippen LogP) is 1.72. The van der Waals surface area contributed by atoms with Crippen LogP contribution in [-0.2, 0) is 4.79 Å². The number of rotatable bonds is 5. The van der Waals surface area contributed by atoms with Crippen molar-refractivity contribution in [2.45, 2.75) is 6.42 Å². The van der Waals surface area contributed by atoms with Crippen LogP contribution in [0.25, 0.3) is 0 Å². The van der Waals surface area contributed by atoms with Crippen LogP contribution in [-0.4, -0.2) is 32.8 Å². The summed E-state index contributed by atoms with van der Waals surface area (Å²) in [5, 5.41) is 3.07. The lowest BCUT2D eigenvalue weighted by molar-refractivity contribution is -0.120. The molecule has 0 heterocycles. The highest BCUT2D eigenvalue weighted by atomic mass is 35.5. The fourth-order valence-electron chi connectivity index (χ4n) is 1.42. The van der Waals surface area contributed by atoms with Crippen LogP contribution in [0.2, 0.25) is 5.02 Å². The molecular formula is C12H15ClN2O2. The minimum Gasteiger partial charge on any atom is -0.373 e. The third-order valence-corrected chi connectivity index (χ3v) is 2.77. The van der Waals surface area contributed by atoms with Crippen molar-refractivity contribution in [1.82, 2.24) is 5.32 Å². The molecule has 0 atom stereocenters. The van der Waals surface area contributed by atoms with E-state index in [0.717, 1.165) is 12.0 Å². The number of carbonyl (C=O) groups is 2. The normalized spacial score (nSPS) is 9.82. The van der Waals surface area contributed by atoms with Gasteiger partial charge in [0.2, 0.25) is 5.91 Å². The van der Waals surface area contributed by atoms with E-state index in [1.807, 2.05) is 11.9 Å². The number of nitrogens with zero attached hydrogens (tertiary/aromatic N) is 1. The van der Waals surface area contributed by atoms with Crippen molar-refractivity contribution in [2.24, 2.45) is 0 Å². The Morgan fingerprint density at radius 3 is 2.76 bits per heavy atom. The molecule has 0 aliphatic carbocycles. The standard InChI is InChI=1S/C12H15ClN2O2/c1-14-12(17)5-6-15(2)11-4-3-9(8-16)7-10(11)13/h3-4,7-8H,5-6H2,1-2H3,(H,14,17). The first-order chi connectivity index (χ1) is 8.08. The van der Waals surface area contributed by atoms with Crippen LogP contribution in [0, 0.1) is 0 Å². The van der Waals surface area contributed by atoms with Crippen LogP contribution < -0.4 is 10.2 Å². The molecule has 1 aromatic rings. The topological polar surface area (TPSA) is 49.4 Å². The molecule has 1 amide bonds. The molecule has 0 spiro atoms. The van der Waals surface area contributed by atoms with Crippen molar-refractivity contribution < 1.29 is 9.59 Å². The van der Waals surface area contributed by atoms with Crippen molar-refractivity contribution in [3.63, 3.8) is 0 Å². The monoisotopic (exact) mass is 254 g/mol. The highest BCUT2D eigenvalue weighted by Crippen LogP contribution is 2.25. The van der Waals surface area contributed by atoms with Crippen LogP contribution in [0.5, 0.6) is 0 Å². The number of nitrogens with one attached hydrogen (secondary N) is 1. The van der Waals surface area contributed by atoms with Crippen LogP contribution >= 0.6 is 11.6 Å². The summed E-state index contributed by atoms with van der Waals surface area (Å²) in [4.78, 5) is 23.6. The minimum absolute atomic E-state index is 0.0162. The maximum absolute atomic E-state index is 11.1. The molecule has 0 bridgehead atoms. The van der Waals surface area contributed by atoms with Gasteiger partial charge in [-0.15, -0.1) is 0 Å². The fraction of sp³-hybridized carbons (Fsp3) is 0.333. The largest absolute Gasteiger partial charge is 0.373 e. The second kappa shape index (κ2) is 6.25. The van der Waals surface area contributed by atoms with Crippen molar-refractivity contribution in [3.8, 4) is 0 Å². The quantitative estimate of drug-likeness (QED) is 0.814. The van der Waals surface area contributed by atoms with E-state index < -0.39 is 0 Å². The number of hydrogen-bond donors (Lipinski definition) is 1. The van der Waals surface area contributed by atoms with E-state index in [9.17, 15) is 9.59 Å². The molecule has 0 saturated heterocycles. The van der Waals surface area contributed by atoms with Gasteiger partial charge in [0, 0.05) is 32.6 Å². The van der Waals surface area contributed by atoms with Crippen molar-refractivity contribution in [1.29, 1.82) is 0 Å². The Labute approximate surface area is 106 Å². The molecule has 0 radical (unpaired) electrons. The Bertz CT molecular complexity index is 421. The molecule has 0 aliphatic rings. The van der Waals surface area contributed by atoms with E-state index in [0.29, 0.717) is 23.6 Å². The van der Waals surface area contributed by atoms with E-state index in [1.54, 1.807) is 25.2 Å². The van der Waals surface area contributed by atoms with Gasteiger partial charge in [0.05, 0.1) is 10.7 Å². The maximum atomic E-state index is 11.1. The van der Waals surface area contributed by atoms with Crippen molar-refractivity contribution in [3.05, 3.63) is 28.8 Å². The zero-order valence-corrected chi connectivity index (χ0v) is 10.6. The molecule has 0 fully saturated rings. The van der Waals surface area contributed by atoms with E-state index in [2.05, 4.69) is 5.32 Å². The molecule has 1 aromatic carbocycles. The Hall–Kier alpha value is -1.55. The Morgan fingerprint density at radius 1 is 1.53 bits per heavy atom. The first-order valence-corrected chi connectivity index (χ1v) is 5.62. The number of amides is 1. The van der Waals surface area contributed by atoms with Gasteiger partial charge < -0.3 is 10.2 Å². The second-order valence-electron chi connectivity index (χ2n) is 3.67. The molecule has 0 aromatic heterocycles. The number of halogens is 1. The Balaban J connectivity index is 2.71. The predicted molar refractivity (Wildman–Crippen MR) is 68.8 cm³/mol. The van der Waals surface area contributed by atoms with Crippen LogP contribution in [0.1, 0.15) is 16.8 Å². The molecule has 0 unspecified atom stereocenters. The molecule has 0 saturated carbocycles. The van der Waals surface area contributed by atoms with Crippen LogP contribution in [0.4, 0.5) is 5.69 Å². The fourth-order valence-corrected chi connectivity index (χ4v) is 1.75. The summed E-state index contributed by atoms with van der Waals surface area (Å²) < 4.78 is 0. The highest BCUT2D eigenvalue weighted by molar-refractivity contribution is 6.33. The smallest absolute Gasteiger partial charge is 0.221 e. The summed E-state index contributed by atoms with van der Waals surface area (Å²) in [6, 6.07) is 5.08. The maximum Gasteiger partial charge on any atom is 0.221 e. The Morgan fingerprint density at radius 2 is 2.24 bits per heavy atom. The average molecular weight is 255 g/mol. The molecule has 4 nitrogen and oxygen atoms in total. The summed E-state index contributed by atoms with van der Waals surface area (Å²) >= 11 is 6.05. The molecule has 0 aliphatic heterocycles. The molecule has 5 heteroatoms. The third kappa shape index (κ3) is 3.75. The molecular weight excluding hydrogens is 240 g/mol. The summed E-state index contributed by atoms with van der Waals surface area (Å²) in [6.07, 6.45) is 1.15. The zero-order valence-electron chi connectivity index (χ0n) is 9.87. The molecule has 17 heavy (non-hydrogen) atoms. The SMILES string of the molecule is CNC(=O)CCN(C)c1ccc(C=O)cc1Cl. The molecule has 92 valence electrons. The molecule has 1 rings (SSSR count). The van der Waals surface area contributed by atoms with Gasteiger partial charge in [-0.2, -0.15) is 0 Å². The van der Waals surface area contributed by atoms with Crippen LogP contribution in [0.15, 0.2) is 18.2 Å². The van der Waals surface area contributed by atoms with Gasteiger partial charge in [0.15, 0.2) is 0 Å². The average Bonchev–Trinajstić information content (AvgIpc) is 2.35. The zero-order chi connectivity index (χ0) is 12.8. The number of benzene rings is 1. The van der Waals surface area contributed by atoms with Gasteiger partial charge in [-0.1, -0.05) is 11.6 Å². The lowest BCUT2D eigenvalue weighted by Crippen LogP contribution is -2.26. The number of aldehydes is 1. The minimum atomic E-state index is -0.0162. The van der Waals surface area contributed by atoms with E-state index >= 15 is 0 Å². The number of hydrogen-bond acceptors (Lipinski definition) is 3. The Kier molecular flexibility index (Phi) is 4.97. The van der Waals surface area contributed by atoms with Gasteiger partial charge in [0.1, 0.15) is 6.29 Å². The van der Waals surface area contributed by atoms with E-state index in [1.165, 1.54) is 0 Å². The van der Waals surface area contributed by atoms with Gasteiger partial charge in [0.25, 0.3) is 0 Å². The van der Waals surface area contributed by atoms with Crippen LogP contribution in [0.3, 0.4) is 0 Å². The van der Waals surface area contributed by atoms with Gasteiger partial charge in [-0.05, 0) is 18.2 Å². The van der Waals surface area contributed by atoms with Crippen molar-refractivity contribution in [2.75, 3.05) is 25.5 Å². The van der Waals surface area contributed by atoms with E-state index in [4.69, 9.17) is 11.6 Å². The van der Waals surface area contributed by atoms with E-state index in [-0.39, 0.29) is 5.91 Å². The first-order valence-electron chi connectivity index (χ1n) is 5.25. The summed E-state index contributed by atoms with van der Waals surface area (Å²) in [7, 11) is 3.46. The summed E-state index contributed by atoms with van der Waals surface area (Å²) in [6.45, 7) is 0.569. The molecule has 1 N–H and O–H groups in total.